The zero-order valence-electron chi connectivity index (χ0n) is 21.6. The van der Waals surface area contributed by atoms with Crippen LogP contribution in [0.15, 0.2) is 24.3 Å². The SMILES string of the molecule is CC(C)C[C@@H](C(=O)N1C[C@]2(Cc3ccccc3NC2=O)C[C@H]1C(N)=O)N(C)C(=O)[C@H](C)NC(=O)C(F)(F)F. The lowest BCUT2D eigenvalue weighted by molar-refractivity contribution is -0.175. The summed E-state index contributed by atoms with van der Waals surface area (Å²) < 4.78 is 38.0. The topological polar surface area (TPSA) is 142 Å². The van der Waals surface area contributed by atoms with Gasteiger partial charge in [0.05, 0.1) is 5.41 Å². The van der Waals surface area contributed by atoms with Gasteiger partial charge in [0.15, 0.2) is 0 Å². The van der Waals surface area contributed by atoms with Crippen LogP contribution in [0.25, 0.3) is 0 Å². The van der Waals surface area contributed by atoms with E-state index in [-0.39, 0.29) is 37.6 Å². The molecular weight excluding hydrogens is 507 g/mol. The molecule has 208 valence electrons. The zero-order valence-corrected chi connectivity index (χ0v) is 21.6. The number of hydrogen-bond acceptors (Lipinski definition) is 5. The summed E-state index contributed by atoms with van der Waals surface area (Å²) in [6, 6.07) is 3.30. The van der Waals surface area contributed by atoms with E-state index in [1.807, 2.05) is 12.1 Å². The Morgan fingerprint density at radius 3 is 2.42 bits per heavy atom. The van der Waals surface area contributed by atoms with E-state index in [9.17, 15) is 37.1 Å². The van der Waals surface area contributed by atoms with Crippen molar-refractivity contribution in [2.24, 2.45) is 17.1 Å². The van der Waals surface area contributed by atoms with E-state index in [0.717, 1.165) is 17.4 Å². The van der Waals surface area contributed by atoms with Gasteiger partial charge in [-0.25, -0.2) is 0 Å². The first-order chi connectivity index (χ1) is 17.6. The molecular formula is C25H32F3N5O5. The number of nitrogens with one attached hydrogen (secondary N) is 2. The second-order valence-electron chi connectivity index (χ2n) is 10.4. The highest BCUT2D eigenvalue weighted by molar-refractivity contribution is 6.01. The average Bonchev–Trinajstić information content (AvgIpc) is 3.22. The van der Waals surface area contributed by atoms with Crippen molar-refractivity contribution in [1.29, 1.82) is 0 Å². The first-order valence-electron chi connectivity index (χ1n) is 12.2. The standard InChI is InChI=1S/C25H32F3N5O5/c1-13(2)9-17(32(4)20(35)14(3)30-23(38)25(26,27)28)21(36)33-12-24(11-18(33)19(29)34)10-15-7-5-6-8-16(15)31-22(24)37/h5-8,13-14,17-18H,9-12H2,1-4H3,(H2,29,34)(H,30,38)(H,31,37)/t14-,17-,18-,24-/m0/s1. The van der Waals surface area contributed by atoms with Crippen molar-refractivity contribution in [3.05, 3.63) is 29.8 Å². The van der Waals surface area contributed by atoms with Gasteiger partial charge in [0, 0.05) is 19.3 Å². The van der Waals surface area contributed by atoms with E-state index >= 15 is 0 Å². The number of halogens is 3. The molecule has 0 bridgehead atoms. The third kappa shape index (κ3) is 5.76. The van der Waals surface area contributed by atoms with Gasteiger partial charge in [-0.15, -0.1) is 0 Å². The molecule has 1 spiro atoms. The first-order valence-corrected chi connectivity index (χ1v) is 12.2. The monoisotopic (exact) mass is 539 g/mol. The molecule has 38 heavy (non-hydrogen) atoms. The van der Waals surface area contributed by atoms with E-state index < -0.39 is 53.3 Å². The fourth-order valence-electron chi connectivity index (χ4n) is 5.12. The molecule has 3 rings (SSSR count). The van der Waals surface area contributed by atoms with Crippen molar-refractivity contribution in [2.75, 3.05) is 18.9 Å². The maximum Gasteiger partial charge on any atom is 0.471 e. The summed E-state index contributed by atoms with van der Waals surface area (Å²) in [5, 5.41) is 4.43. The Morgan fingerprint density at radius 1 is 1.21 bits per heavy atom. The van der Waals surface area contributed by atoms with Gasteiger partial charge in [-0.3, -0.25) is 24.0 Å². The molecule has 0 aliphatic carbocycles. The predicted octanol–water partition coefficient (Wildman–Crippen LogP) is 1.19. The van der Waals surface area contributed by atoms with Crippen LogP contribution in [0.5, 0.6) is 0 Å². The Balaban J connectivity index is 1.88. The number of nitrogens with two attached hydrogens (primary N) is 1. The molecule has 1 aromatic rings. The molecule has 4 N–H and O–H groups in total. The quantitative estimate of drug-likeness (QED) is 0.477. The molecule has 5 amide bonds. The van der Waals surface area contributed by atoms with Gasteiger partial charge in [-0.05, 0) is 43.7 Å². The fourth-order valence-corrected chi connectivity index (χ4v) is 5.12. The molecule has 2 heterocycles. The van der Waals surface area contributed by atoms with Crippen molar-refractivity contribution in [2.45, 2.75) is 64.3 Å². The van der Waals surface area contributed by atoms with Crippen molar-refractivity contribution in [1.82, 2.24) is 15.1 Å². The number of fused-ring (bicyclic) bond motifs is 1. The highest BCUT2D eigenvalue weighted by atomic mass is 19.4. The summed E-state index contributed by atoms with van der Waals surface area (Å²) in [6.45, 7) is 4.53. The molecule has 4 atom stereocenters. The van der Waals surface area contributed by atoms with Gasteiger partial charge in [0.2, 0.25) is 23.6 Å². The second kappa shape index (κ2) is 10.6. The molecule has 0 radical (unpaired) electrons. The average molecular weight is 540 g/mol. The summed E-state index contributed by atoms with van der Waals surface area (Å²) in [4.78, 5) is 65.9. The number of carbonyl (C=O) groups excluding carboxylic acids is 5. The van der Waals surface area contributed by atoms with Crippen LogP contribution in [-0.2, 0) is 30.4 Å². The minimum atomic E-state index is -5.18. The van der Waals surface area contributed by atoms with Crippen LogP contribution in [0.2, 0.25) is 0 Å². The fraction of sp³-hybridized carbons (Fsp3) is 0.560. The number of alkyl halides is 3. The van der Waals surface area contributed by atoms with E-state index in [2.05, 4.69) is 5.32 Å². The van der Waals surface area contributed by atoms with E-state index in [1.165, 1.54) is 11.9 Å². The van der Waals surface area contributed by atoms with Crippen LogP contribution in [0.3, 0.4) is 0 Å². The molecule has 13 heteroatoms. The van der Waals surface area contributed by atoms with Crippen LogP contribution >= 0.6 is 0 Å². The number of anilines is 1. The number of primary amides is 1. The highest BCUT2D eigenvalue weighted by Gasteiger charge is 2.55. The Kier molecular flexibility index (Phi) is 8.08. The molecule has 0 aromatic heterocycles. The molecule has 1 fully saturated rings. The predicted molar refractivity (Wildman–Crippen MR) is 130 cm³/mol. The number of rotatable bonds is 7. The Labute approximate surface area is 218 Å². The van der Waals surface area contributed by atoms with E-state index in [1.54, 1.807) is 31.3 Å². The number of nitrogens with zero attached hydrogens (tertiary/aromatic N) is 2. The van der Waals surface area contributed by atoms with Gasteiger partial charge in [0.1, 0.15) is 18.1 Å². The van der Waals surface area contributed by atoms with Crippen LogP contribution in [0.4, 0.5) is 18.9 Å². The van der Waals surface area contributed by atoms with Crippen LogP contribution in [-0.4, -0.2) is 77.2 Å². The van der Waals surface area contributed by atoms with Crippen LogP contribution < -0.4 is 16.4 Å². The Morgan fingerprint density at radius 2 is 1.84 bits per heavy atom. The molecule has 10 nitrogen and oxygen atoms in total. The first kappa shape index (κ1) is 28.9. The number of para-hydroxylation sites is 1. The normalized spacial score (nSPS) is 22.5. The number of likely N-dealkylation sites (tertiary alicyclic amines) is 1. The number of hydrogen-bond donors (Lipinski definition) is 3. The van der Waals surface area contributed by atoms with Crippen LogP contribution in [0, 0.1) is 11.3 Å². The van der Waals surface area contributed by atoms with Gasteiger partial charge < -0.3 is 26.2 Å². The molecule has 0 unspecified atom stereocenters. The van der Waals surface area contributed by atoms with E-state index in [0.29, 0.717) is 5.69 Å². The number of carbonyl (C=O) groups is 5. The lowest BCUT2D eigenvalue weighted by Crippen LogP contribution is -2.57. The molecule has 2 aliphatic rings. The largest absolute Gasteiger partial charge is 0.471 e. The smallest absolute Gasteiger partial charge is 0.368 e. The number of benzene rings is 1. The summed E-state index contributed by atoms with van der Waals surface area (Å²) in [7, 11) is 1.25. The van der Waals surface area contributed by atoms with Crippen molar-refractivity contribution in [3.63, 3.8) is 0 Å². The molecule has 1 aromatic carbocycles. The minimum Gasteiger partial charge on any atom is -0.368 e. The van der Waals surface area contributed by atoms with Gasteiger partial charge in [-0.1, -0.05) is 32.0 Å². The summed E-state index contributed by atoms with van der Waals surface area (Å²) in [5.74, 6) is -5.16. The lowest BCUT2D eigenvalue weighted by Gasteiger charge is -2.36. The third-order valence-corrected chi connectivity index (χ3v) is 7.09. The van der Waals surface area contributed by atoms with Gasteiger partial charge in [0.25, 0.3) is 0 Å². The summed E-state index contributed by atoms with van der Waals surface area (Å²) in [6.07, 6.45) is -4.81. The Hall–Kier alpha value is -3.64. The van der Waals surface area contributed by atoms with Crippen molar-refractivity contribution >= 4 is 35.2 Å². The maximum atomic E-state index is 13.8. The maximum absolute atomic E-state index is 13.8. The molecule has 1 saturated heterocycles. The third-order valence-electron chi connectivity index (χ3n) is 7.09. The summed E-state index contributed by atoms with van der Waals surface area (Å²) in [5.41, 5.74) is 5.99. The number of amides is 5. The van der Waals surface area contributed by atoms with Crippen molar-refractivity contribution < 1.29 is 37.1 Å². The van der Waals surface area contributed by atoms with Crippen LogP contribution in [0.1, 0.15) is 39.2 Å². The zero-order chi connectivity index (χ0) is 28.6. The van der Waals surface area contributed by atoms with Gasteiger partial charge in [-0.2, -0.15) is 13.2 Å². The summed E-state index contributed by atoms with van der Waals surface area (Å²) >= 11 is 0. The second-order valence-corrected chi connectivity index (χ2v) is 10.4. The number of likely N-dealkylation sites (N-methyl/N-ethyl adjacent to an activating group) is 1. The highest BCUT2D eigenvalue weighted by Crippen LogP contribution is 2.43. The Bertz CT molecular complexity index is 1140. The molecule has 0 saturated carbocycles. The van der Waals surface area contributed by atoms with Crippen molar-refractivity contribution in [3.8, 4) is 0 Å². The van der Waals surface area contributed by atoms with Gasteiger partial charge >= 0.3 is 12.1 Å². The molecule has 2 aliphatic heterocycles. The minimum absolute atomic E-state index is 0.0155. The lowest BCUT2D eigenvalue weighted by atomic mass is 9.76. The van der Waals surface area contributed by atoms with E-state index in [4.69, 9.17) is 5.73 Å².